The van der Waals surface area contributed by atoms with E-state index in [1.807, 2.05) is 13.8 Å². The van der Waals surface area contributed by atoms with Crippen molar-refractivity contribution in [2.75, 3.05) is 40.5 Å². The molecule has 0 saturated heterocycles. The first-order valence-corrected chi connectivity index (χ1v) is 12.2. The number of rotatable bonds is 7. The van der Waals surface area contributed by atoms with Gasteiger partial charge in [0, 0.05) is 44.6 Å². The average molecular weight is 467 g/mol. The molecule has 0 aromatic heterocycles. The van der Waals surface area contributed by atoms with Gasteiger partial charge >= 0.3 is 0 Å². The van der Waals surface area contributed by atoms with Crippen LogP contribution in [0.4, 0.5) is 0 Å². The third-order valence-electron chi connectivity index (χ3n) is 5.42. The molecule has 8 nitrogen and oxygen atoms in total. The van der Waals surface area contributed by atoms with E-state index in [0.29, 0.717) is 5.56 Å². The summed E-state index contributed by atoms with van der Waals surface area (Å²) in [5, 5.41) is 9.70. The highest BCUT2D eigenvalue weighted by molar-refractivity contribution is 7.89. The Hall–Kier alpha value is -2.12. The maximum absolute atomic E-state index is 13.4. The monoisotopic (exact) mass is 466 g/mol. The van der Waals surface area contributed by atoms with Crippen molar-refractivity contribution >= 4 is 15.9 Å². The van der Waals surface area contributed by atoms with Crippen LogP contribution in [0.2, 0.25) is 0 Å². The Kier molecular flexibility index (Phi) is 9.52. The molecule has 32 heavy (non-hydrogen) atoms. The third kappa shape index (κ3) is 6.23. The van der Waals surface area contributed by atoms with Crippen LogP contribution in [-0.2, 0) is 19.6 Å². The predicted octanol–water partition coefficient (Wildman–Crippen LogP) is 1.71. The number of aliphatic hydroxyl groups excluding tert-OH is 1. The summed E-state index contributed by atoms with van der Waals surface area (Å²) in [6.45, 7) is 5.64. The first kappa shape index (κ1) is 26.1. The van der Waals surface area contributed by atoms with Gasteiger partial charge in [0.1, 0.15) is 23.4 Å². The minimum Gasteiger partial charge on any atom is -0.487 e. The molecule has 0 unspecified atom stereocenters. The fourth-order valence-electron chi connectivity index (χ4n) is 3.42. The summed E-state index contributed by atoms with van der Waals surface area (Å²) in [6.07, 6.45) is 1.20. The van der Waals surface area contributed by atoms with Gasteiger partial charge in [-0.15, -0.1) is 0 Å². The second kappa shape index (κ2) is 11.7. The van der Waals surface area contributed by atoms with Gasteiger partial charge in [0.25, 0.3) is 0 Å². The number of hydrogen-bond donors (Lipinski definition) is 1. The van der Waals surface area contributed by atoms with Crippen LogP contribution < -0.4 is 4.74 Å². The predicted molar refractivity (Wildman–Crippen MR) is 122 cm³/mol. The van der Waals surface area contributed by atoms with Crippen molar-refractivity contribution in [3.63, 3.8) is 0 Å². The number of carbonyl (C=O) groups is 1. The second-order valence-corrected chi connectivity index (χ2v) is 10.0. The molecule has 0 aliphatic carbocycles. The van der Waals surface area contributed by atoms with Gasteiger partial charge in [0.2, 0.25) is 15.9 Å². The molecular formula is C23H34N2O6S. The van der Waals surface area contributed by atoms with Gasteiger partial charge in [-0.05, 0) is 31.5 Å². The van der Waals surface area contributed by atoms with Gasteiger partial charge < -0.3 is 19.5 Å². The molecule has 1 aliphatic heterocycles. The summed E-state index contributed by atoms with van der Waals surface area (Å²) in [4.78, 5) is 13.8. The van der Waals surface area contributed by atoms with E-state index in [0.717, 1.165) is 12.8 Å². The third-order valence-corrected chi connectivity index (χ3v) is 7.44. The molecule has 1 aromatic rings. The first-order valence-electron chi connectivity index (χ1n) is 10.8. The van der Waals surface area contributed by atoms with Crippen molar-refractivity contribution in [1.82, 2.24) is 9.21 Å². The van der Waals surface area contributed by atoms with E-state index >= 15 is 0 Å². The summed E-state index contributed by atoms with van der Waals surface area (Å²) in [5.74, 6) is 5.86. The Balaban J connectivity index is 2.52. The molecule has 9 heteroatoms. The minimum absolute atomic E-state index is 0.0293. The molecule has 1 heterocycles. The molecular weight excluding hydrogens is 432 g/mol. The lowest BCUT2D eigenvalue weighted by molar-refractivity contribution is -0.135. The van der Waals surface area contributed by atoms with E-state index in [4.69, 9.17) is 9.47 Å². The van der Waals surface area contributed by atoms with Crippen LogP contribution in [0.15, 0.2) is 23.1 Å². The van der Waals surface area contributed by atoms with Crippen LogP contribution >= 0.6 is 0 Å². The van der Waals surface area contributed by atoms with E-state index in [1.165, 1.54) is 22.4 Å². The number of nitrogens with zero attached hydrogens (tertiary/aromatic N) is 2. The second-order valence-electron chi connectivity index (χ2n) is 8.16. The van der Waals surface area contributed by atoms with Crippen molar-refractivity contribution in [3.8, 4) is 17.6 Å². The number of aliphatic hydroxyl groups is 1. The van der Waals surface area contributed by atoms with Gasteiger partial charge in [-0.1, -0.05) is 25.7 Å². The van der Waals surface area contributed by atoms with E-state index in [-0.39, 0.29) is 48.8 Å². The number of sulfonamides is 1. The lowest BCUT2D eigenvalue weighted by Gasteiger charge is -2.37. The summed E-state index contributed by atoms with van der Waals surface area (Å²) in [6, 6.07) is 4.20. The molecule has 0 spiro atoms. The highest BCUT2D eigenvalue weighted by Crippen LogP contribution is 2.34. The zero-order valence-electron chi connectivity index (χ0n) is 19.5. The van der Waals surface area contributed by atoms with E-state index < -0.39 is 22.2 Å². The van der Waals surface area contributed by atoms with Gasteiger partial charge in [0.15, 0.2) is 0 Å². The molecule has 0 saturated carbocycles. The number of benzene rings is 1. The molecule has 3 atom stereocenters. The molecule has 1 N–H and O–H groups in total. The highest BCUT2D eigenvalue weighted by atomic mass is 32.2. The highest BCUT2D eigenvalue weighted by Gasteiger charge is 2.38. The number of methoxy groups -OCH3 is 1. The van der Waals surface area contributed by atoms with E-state index in [9.17, 15) is 18.3 Å². The molecule has 1 aromatic carbocycles. The van der Waals surface area contributed by atoms with E-state index in [1.54, 1.807) is 26.1 Å². The van der Waals surface area contributed by atoms with Crippen LogP contribution in [0.3, 0.4) is 0 Å². The maximum atomic E-state index is 13.4. The Morgan fingerprint density at radius 1 is 1.44 bits per heavy atom. The van der Waals surface area contributed by atoms with Crippen molar-refractivity contribution in [2.45, 2.75) is 50.7 Å². The maximum Gasteiger partial charge on any atom is 0.248 e. The molecule has 0 radical (unpaired) electrons. The van der Waals surface area contributed by atoms with Crippen molar-refractivity contribution < 1.29 is 27.8 Å². The lowest BCUT2D eigenvalue weighted by atomic mass is 10.0. The van der Waals surface area contributed by atoms with Gasteiger partial charge in [0.05, 0.1) is 13.2 Å². The van der Waals surface area contributed by atoms with Gasteiger partial charge in [-0.2, -0.15) is 4.31 Å². The number of carbonyl (C=O) groups excluding carboxylic acids is 1. The quantitative estimate of drug-likeness (QED) is 0.615. The largest absolute Gasteiger partial charge is 0.487 e. The number of unbranched alkanes of at least 4 members (excludes halogenated alkanes) is 1. The Morgan fingerprint density at radius 2 is 2.16 bits per heavy atom. The standard InChI is InChI=1S/C23H34N2O6S/c1-6-7-8-9-19-10-11-22-20(12-19)31-21(14-24(4)23(27)16-30-5)17(2)13-25(18(3)15-26)32(22,28)29/h10-12,17-18,21,26H,6-7,13-16H2,1-5H3/t17-,18-,21-/m1/s1. The number of fused-ring (bicyclic) bond motifs is 1. The topological polar surface area (TPSA) is 96.4 Å². The summed E-state index contributed by atoms with van der Waals surface area (Å²) in [5.41, 5.74) is 0.657. The fourth-order valence-corrected chi connectivity index (χ4v) is 5.24. The summed E-state index contributed by atoms with van der Waals surface area (Å²) >= 11 is 0. The fraction of sp³-hybridized carbons (Fsp3) is 0.609. The Bertz CT molecular complexity index is 953. The number of likely N-dealkylation sites (N-methyl/N-ethyl adjacent to an activating group) is 1. The van der Waals surface area contributed by atoms with Crippen LogP contribution in [0.1, 0.15) is 39.2 Å². The number of hydrogen-bond acceptors (Lipinski definition) is 6. The van der Waals surface area contributed by atoms with Gasteiger partial charge in [-0.3, -0.25) is 4.79 Å². The minimum atomic E-state index is -3.91. The van der Waals surface area contributed by atoms with Gasteiger partial charge in [-0.25, -0.2) is 8.42 Å². The Morgan fingerprint density at radius 3 is 2.78 bits per heavy atom. The molecule has 1 amide bonds. The summed E-state index contributed by atoms with van der Waals surface area (Å²) < 4.78 is 39.3. The SMILES string of the molecule is CCCC#Cc1ccc2c(c1)O[C@H](CN(C)C(=O)COC)[C@H](C)CN([C@H](C)CO)S2(=O)=O. The lowest BCUT2D eigenvalue weighted by Crippen LogP contribution is -2.50. The van der Waals surface area contributed by atoms with Crippen LogP contribution in [0, 0.1) is 17.8 Å². The summed E-state index contributed by atoms with van der Waals surface area (Å²) in [7, 11) is -0.789. The number of amides is 1. The molecule has 0 bridgehead atoms. The zero-order valence-corrected chi connectivity index (χ0v) is 20.3. The normalized spacial score (nSPS) is 21.2. The molecule has 178 valence electrons. The first-order chi connectivity index (χ1) is 15.1. The van der Waals surface area contributed by atoms with Crippen LogP contribution in [0.25, 0.3) is 0 Å². The molecule has 1 aliphatic rings. The molecule has 0 fully saturated rings. The zero-order chi connectivity index (χ0) is 23.9. The van der Waals surface area contributed by atoms with Crippen LogP contribution in [0.5, 0.6) is 5.75 Å². The van der Waals surface area contributed by atoms with Crippen molar-refractivity contribution in [3.05, 3.63) is 23.8 Å². The number of ether oxygens (including phenoxy) is 2. The van der Waals surface area contributed by atoms with E-state index in [2.05, 4.69) is 11.8 Å². The van der Waals surface area contributed by atoms with Crippen molar-refractivity contribution in [1.29, 1.82) is 0 Å². The average Bonchev–Trinajstić information content (AvgIpc) is 2.75. The smallest absolute Gasteiger partial charge is 0.248 e. The van der Waals surface area contributed by atoms with Crippen LogP contribution in [-0.4, -0.2) is 81.2 Å². The van der Waals surface area contributed by atoms with Crippen molar-refractivity contribution in [2.24, 2.45) is 5.92 Å². The molecule has 2 rings (SSSR count). The Labute approximate surface area is 191 Å².